The van der Waals surface area contributed by atoms with Gasteiger partial charge in [0, 0.05) is 23.1 Å². The zero-order valence-electron chi connectivity index (χ0n) is 18.3. The molecule has 4 heteroatoms. The molecule has 1 saturated carbocycles. The number of benzene rings is 2. The highest BCUT2D eigenvalue weighted by atomic mass is 16.5. The lowest BCUT2D eigenvalue weighted by molar-refractivity contribution is -0.148. The van der Waals surface area contributed by atoms with Gasteiger partial charge in [-0.15, -0.1) is 0 Å². The first-order chi connectivity index (χ1) is 13.9. The second-order valence-corrected chi connectivity index (χ2v) is 8.86. The highest BCUT2D eigenvalue weighted by Gasteiger charge is 2.42. The van der Waals surface area contributed by atoms with E-state index < -0.39 is 5.60 Å². The predicted octanol–water partition coefficient (Wildman–Crippen LogP) is 6.19. The van der Waals surface area contributed by atoms with Gasteiger partial charge in [-0.1, -0.05) is 58.4 Å². The van der Waals surface area contributed by atoms with Crippen LogP contribution in [0.1, 0.15) is 59.8 Å². The maximum atomic E-state index is 13.4. The molecule has 0 radical (unpaired) electrons. The van der Waals surface area contributed by atoms with E-state index in [1.807, 2.05) is 36.4 Å². The lowest BCUT2D eigenvalue weighted by Crippen LogP contribution is -2.48. The van der Waals surface area contributed by atoms with Crippen molar-refractivity contribution in [3.63, 3.8) is 0 Å². The molecular weight excluding hydrogens is 362 g/mol. The van der Waals surface area contributed by atoms with Crippen LogP contribution >= 0.6 is 0 Å². The van der Waals surface area contributed by atoms with Gasteiger partial charge >= 0.3 is 0 Å². The van der Waals surface area contributed by atoms with E-state index in [2.05, 4.69) is 33.0 Å². The van der Waals surface area contributed by atoms with Gasteiger partial charge in [0.05, 0.1) is 6.61 Å². The Morgan fingerprint density at radius 1 is 1.21 bits per heavy atom. The molecule has 2 atom stereocenters. The summed E-state index contributed by atoms with van der Waals surface area (Å²) in [7, 11) is 0. The Labute approximate surface area is 175 Å². The Morgan fingerprint density at radius 2 is 1.97 bits per heavy atom. The Bertz CT molecular complexity index is 832. The maximum absolute atomic E-state index is 13.4. The van der Waals surface area contributed by atoms with Crippen molar-refractivity contribution in [1.82, 2.24) is 0 Å². The molecule has 0 aromatic heterocycles. The van der Waals surface area contributed by atoms with Gasteiger partial charge in [0.2, 0.25) is 0 Å². The number of carbonyl (C=O) groups excluding carboxylic acids is 1. The van der Waals surface area contributed by atoms with Crippen molar-refractivity contribution in [2.75, 3.05) is 18.5 Å². The number of anilines is 1. The third-order valence-electron chi connectivity index (χ3n) is 5.66. The number of ether oxygens (including phenoxy) is 2. The van der Waals surface area contributed by atoms with Gasteiger partial charge in [0.25, 0.3) is 5.91 Å². The first-order valence-corrected chi connectivity index (χ1v) is 11.0. The van der Waals surface area contributed by atoms with E-state index in [4.69, 9.17) is 9.47 Å². The van der Waals surface area contributed by atoms with Crippen molar-refractivity contribution in [3.05, 3.63) is 36.4 Å². The Balaban J connectivity index is 1.88. The zero-order chi connectivity index (χ0) is 20.9. The van der Waals surface area contributed by atoms with Crippen molar-refractivity contribution in [1.29, 1.82) is 0 Å². The molecule has 1 aliphatic rings. The van der Waals surface area contributed by atoms with Crippen LogP contribution in [-0.4, -0.2) is 24.7 Å². The molecule has 1 aliphatic carbocycles. The quantitative estimate of drug-likeness (QED) is 0.578. The molecule has 0 aliphatic heterocycles. The van der Waals surface area contributed by atoms with E-state index in [-0.39, 0.29) is 5.91 Å². The van der Waals surface area contributed by atoms with Crippen LogP contribution in [0.5, 0.6) is 5.75 Å². The molecule has 3 rings (SSSR count). The Morgan fingerprint density at radius 3 is 2.66 bits per heavy atom. The Kier molecular flexibility index (Phi) is 7.18. The van der Waals surface area contributed by atoms with Crippen LogP contribution in [0.4, 0.5) is 5.69 Å². The van der Waals surface area contributed by atoms with Crippen LogP contribution in [0.25, 0.3) is 10.8 Å². The molecule has 2 aromatic carbocycles. The molecular formula is C25H35NO3. The molecule has 1 amide bonds. The van der Waals surface area contributed by atoms with E-state index in [1.165, 1.54) is 0 Å². The molecule has 0 unspecified atom stereocenters. The van der Waals surface area contributed by atoms with Crippen molar-refractivity contribution in [2.45, 2.75) is 65.4 Å². The first-order valence-electron chi connectivity index (χ1n) is 11.0. The molecule has 29 heavy (non-hydrogen) atoms. The number of hydrogen-bond acceptors (Lipinski definition) is 3. The summed E-state index contributed by atoms with van der Waals surface area (Å²) in [5.41, 5.74) is 0.0990. The monoisotopic (exact) mass is 397 g/mol. The van der Waals surface area contributed by atoms with Crippen LogP contribution in [0, 0.1) is 11.8 Å². The topological polar surface area (TPSA) is 47.6 Å². The highest BCUT2D eigenvalue weighted by molar-refractivity contribution is 6.06. The number of amides is 1. The van der Waals surface area contributed by atoms with Crippen molar-refractivity contribution < 1.29 is 14.3 Å². The van der Waals surface area contributed by atoms with Gasteiger partial charge in [0.1, 0.15) is 11.4 Å². The fourth-order valence-corrected chi connectivity index (χ4v) is 4.20. The van der Waals surface area contributed by atoms with Crippen LogP contribution in [-0.2, 0) is 9.53 Å². The van der Waals surface area contributed by atoms with E-state index in [9.17, 15) is 4.79 Å². The van der Waals surface area contributed by atoms with Crippen molar-refractivity contribution in [3.8, 4) is 5.75 Å². The van der Waals surface area contributed by atoms with Gasteiger partial charge in [-0.25, -0.2) is 0 Å². The third kappa shape index (κ3) is 5.11. The van der Waals surface area contributed by atoms with Crippen molar-refractivity contribution >= 4 is 22.4 Å². The minimum absolute atomic E-state index is 0.0153. The van der Waals surface area contributed by atoms with E-state index >= 15 is 0 Å². The van der Waals surface area contributed by atoms with Crippen LogP contribution in [0.3, 0.4) is 0 Å². The summed E-state index contributed by atoms with van der Waals surface area (Å²) < 4.78 is 12.2. The lowest BCUT2D eigenvalue weighted by atomic mass is 9.78. The van der Waals surface area contributed by atoms with Crippen LogP contribution in [0.15, 0.2) is 36.4 Å². The highest BCUT2D eigenvalue weighted by Crippen LogP contribution is 2.38. The maximum Gasteiger partial charge on any atom is 0.256 e. The van der Waals surface area contributed by atoms with Gasteiger partial charge < -0.3 is 14.8 Å². The zero-order valence-corrected chi connectivity index (χ0v) is 18.3. The normalized spacial score (nSPS) is 22.0. The van der Waals surface area contributed by atoms with Crippen LogP contribution < -0.4 is 10.1 Å². The fourth-order valence-electron chi connectivity index (χ4n) is 4.20. The fraction of sp³-hybridized carbons (Fsp3) is 0.560. The summed E-state index contributed by atoms with van der Waals surface area (Å²) in [5, 5.41) is 5.21. The number of nitrogens with one attached hydrogen (secondary N) is 1. The predicted molar refractivity (Wildman–Crippen MR) is 120 cm³/mol. The van der Waals surface area contributed by atoms with Gasteiger partial charge in [-0.3, -0.25) is 4.79 Å². The van der Waals surface area contributed by atoms with Gasteiger partial charge in [-0.2, -0.15) is 0 Å². The minimum Gasteiger partial charge on any atom is -0.493 e. The van der Waals surface area contributed by atoms with Gasteiger partial charge in [0.15, 0.2) is 0 Å². The second-order valence-electron chi connectivity index (χ2n) is 8.86. The standard InChI is InChI=1S/C25H35NO3/c1-5-15-29-25(14-8-9-19(4)16-25)24(27)26-22-12-13-23(28-17-18(2)3)21-11-7-6-10-20(21)22/h6-7,10-13,18-19H,5,8-9,14-17H2,1-4H3,(H,26,27)/t19-,25-/m1/s1. The van der Waals surface area contributed by atoms with E-state index in [0.29, 0.717) is 25.0 Å². The summed E-state index contributed by atoms with van der Waals surface area (Å²) in [6, 6.07) is 12.0. The average Bonchev–Trinajstić information content (AvgIpc) is 2.71. The summed E-state index contributed by atoms with van der Waals surface area (Å²) in [6.07, 6.45) is 4.67. The Hall–Kier alpha value is -2.07. The van der Waals surface area contributed by atoms with Gasteiger partial charge in [-0.05, 0) is 49.7 Å². The first kappa shape index (κ1) is 21.6. The third-order valence-corrected chi connectivity index (χ3v) is 5.66. The molecule has 0 heterocycles. The minimum atomic E-state index is -0.721. The largest absolute Gasteiger partial charge is 0.493 e. The SMILES string of the molecule is CCCO[C@]1(C(=O)Nc2ccc(OCC(C)C)c3ccccc23)CCC[C@@H](C)C1. The summed E-state index contributed by atoms with van der Waals surface area (Å²) in [5.74, 6) is 1.79. The number of fused-ring (bicyclic) bond motifs is 1. The smallest absolute Gasteiger partial charge is 0.256 e. The molecule has 158 valence electrons. The molecule has 2 aromatic rings. The second kappa shape index (κ2) is 9.62. The summed E-state index contributed by atoms with van der Waals surface area (Å²) in [6.45, 7) is 9.85. The number of hydrogen-bond donors (Lipinski definition) is 1. The molecule has 0 bridgehead atoms. The van der Waals surface area contributed by atoms with Crippen LogP contribution in [0.2, 0.25) is 0 Å². The molecule has 0 spiro atoms. The molecule has 1 N–H and O–H groups in total. The van der Waals surface area contributed by atoms with E-state index in [1.54, 1.807) is 0 Å². The number of carbonyl (C=O) groups is 1. The number of rotatable bonds is 8. The molecule has 1 fully saturated rings. The lowest BCUT2D eigenvalue weighted by Gasteiger charge is -2.38. The summed E-state index contributed by atoms with van der Waals surface area (Å²) >= 11 is 0. The van der Waals surface area contributed by atoms with Crippen molar-refractivity contribution in [2.24, 2.45) is 11.8 Å². The average molecular weight is 398 g/mol. The van der Waals surface area contributed by atoms with E-state index in [0.717, 1.165) is 54.3 Å². The molecule has 0 saturated heterocycles. The summed E-state index contributed by atoms with van der Waals surface area (Å²) in [4.78, 5) is 13.4. The molecule has 4 nitrogen and oxygen atoms in total.